The summed E-state index contributed by atoms with van der Waals surface area (Å²) in [6, 6.07) is 0. The lowest BCUT2D eigenvalue weighted by atomic mass is 10.1. The molecule has 6 heteroatoms. The Morgan fingerprint density at radius 3 is 2.60 bits per heavy atom. The fourth-order valence-corrected chi connectivity index (χ4v) is 0.966. The van der Waals surface area contributed by atoms with Crippen molar-refractivity contribution in [3.8, 4) is 0 Å². The Balaban J connectivity index is 0.00000196. The number of amides is 1. The Labute approximate surface area is 95.4 Å². The monoisotopic (exact) mass is 232 g/mol. The van der Waals surface area contributed by atoms with Crippen LogP contribution in [0.3, 0.4) is 0 Å². The molecule has 0 bridgehead atoms. The Bertz CT molecular complexity index is 329. The van der Waals surface area contributed by atoms with E-state index in [1.165, 1.54) is 0 Å². The number of aromatic nitrogens is 2. The topological polar surface area (TPSA) is 72.9 Å². The Hall–Kier alpha value is -1.07. The number of hydrogen-bond acceptors (Lipinski definition) is 3. The summed E-state index contributed by atoms with van der Waals surface area (Å²) < 4.78 is 1.79. The standard InChI is InChI=1S/C9H16N4O.ClH/c1-9(2,3)13-6-7(5-11-13)12-8(14)4-10;/h5-6H,4,10H2,1-3H3,(H,12,14);1H. The van der Waals surface area contributed by atoms with Crippen molar-refractivity contribution >= 4 is 24.0 Å². The van der Waals surface area contributed by atoms with Crippen molar-refractivity contribution in [3.63, 3.8) is 0 Å². The number of carbonyl (C=O) groups excluding carboxylic acids is 1. The van der Waals surface area contributed by atoms with Gasteiger partial charge in [-0.25, -0.2) is 0 Å². The first-order valence-corrected chi connectivity index (χ1v) is 4.48. The first-order chi connectivity index (χ1) is 6.43. The van der Waals surface area contributed by atoms with Crippen LogP contribution in [0.1, 0.15) is 20.8 Å². The molecule has 1 heterocycles. The van der Waals surface area contributed by atoms with Gasteiger partial charge in [-0.15, -0.1) is 12.4 Å². The van der Waals surface area contributed by atoms with Crippen LogP contribution in [0.15, 0.2) is 12.4 Å². The molecule has 15 heavy (non-hydrogen) atoms. The van der Waals surface area contributed by atoms with Crippen LogP contribution in [-0.2, 0) is 10.3 Å². The quantitative estimate of drug-likeness (QED) is 0.798. The Kier molecular flexibility index (Phi) is 4.77. The van der Waals surface area contributed by atoms with E-state index >= 15 is 0 Å². The molecule has 5 nitrogen and oxygen atoms in total. The predicted molar refractivity (Wildman–Crippen MR) is 62.2 cm³/mol. The highest BCUT2D eigenvalue weighted by Crippen LogP contribution is 2.15. The van der Waals surface area contributed by atoms with Gasteiger partial charge in [-0.3, -0.25) is 9.48 Å². The van der Waals surface area contributed by atoms with Crippen molar-refractivity contribution in [2.75, 3.05) is 11.9 Å². The van der Waals surface area contributed by atoms with Gasteiger partial charge in [0, 0.05) is 6.20 Å². The molecule has 3 N–H and O–H groups in total. The van der Waals surface area contributed by atoms with Crippen molar-refractivity contribution in [3.05, 3.63) is 12.4 Å². The molecule has 1 rings (SSSR count). The first kappa shape index (κ1) is 13.9. The van der Waals surface area contributed by atoms with Crippen LogP contribution in [0.4, 0.5) is 5.69 Å². The number of halogens is 1. The Morgan fingerprint density at radius 1 is 1.60 bits per heavy atom. The summed E-state index contributed by atoms with van der Waals surface area (Å²) in [5.41, 5.74) is 5.77. The van der Waals surface area contributed by atoms with Gasteiger partial charge in [-0.1, -0.05) is 0 Å². The molecule has 0 radical (unpaired) electrons. The molecule has 86 valence electrons. The average molecular weight is 233 g/mol. The average Bonchev–Trinajstić information content (AvgIpc) is 2.51. The molecule has 0 aliphatic rings. The van der Waals surface area contributed by atoms with Crippen molar-refractivity contribution in [1.29, 1.82) is 0 Å². The zero-order valence-electron chi connectivity index (χ0n) is 9.15. The van der Waals surface area contributed by atoms with Crippen molar-refractivity contribution < 1.29 is 4.79 Å². The van der Waals surface area contributed by atoms with Crippen LogP contribution in [0.2, 0.25) is 0 Å². The molecule has 0 aliphatic carbocycles. The van der Waals surface area contributed by atoms with Crippen molar-refractivity contribution in [2.24, 2.45) is 5.73 Å². The zero-order chi connectivity index (χ0) is 10.8. The molecule has 0 saturated heterocycles. The number of nitrogens with one attached hydrogen (secondary N) is 1. The van der Waals surface area contributed by atoms with Crippen LogP contribution in [-0.4, -0.2) is 22.2 Å². The summed E-state index contributed by atoms with van der Waals surface area (Å²) >= 11 is 0. The van der Waals surface area contributed by atoms with Crippen LogP contribution in [0, 0.1) is 0 Å². The lowest BCUT2D eigenvalue weighted by Crippen LogP contribution is -2.23. The maximum atomic E-state index is 11.0. The van der Waals surface area contributed by atoms with E-state index in [9.17, 15) is 4.79 Å². The van der Waals surface area contributed by atoms with Gasteiger partial charge < -0.3 is 11.1 Å². The van der Waals surface area contributed by atoms with Crippen LogP contribution < -0.4 is 11.1 Å². The largest absolute Gasteiger partial charge is 0.322 e. The number of carbonyl (C=O) groups is 1. The molecule has 0 unspecified atom stereocenters. The summed E-state index contributed by atoms with van der Waals surface area (Å²) in [6.07, 6.45) is 3.40. The normalized spacial score (nSPS) is 10.7. The summed E-state index contributed by atoms with van der Waals surface area (Å²) in [5, 5.41) is 6.77. The van der Waals surface area contributed by atoms with Crippen LogP contribution in [0.5, 0.6) is 0 Å². The SMILES string of the molecule is CC(C)(C)n1cc(NC(=O)CN)cn1.Cl. The number of nitrogens with zero attached hydrogens (tertiary/aromatic N) is 2. The van der Waals surface area contributed by atoms with Crippen molar-refractivity contribution in [2.45, 2.75) is 26.3 Å². The van der Waals surface area contributed by atoms with Crippen LogP contribution >= 0.6 is 12.4 Å². The molecule has 1 aromatic rings. The highest BCUT2D eigenvalue weighted by molar-refractivity contribution is 5.91. The number of hydrogen-bond donors (Lipinski definition) is 2. The molecule has 1 aromatic heterocycles. The second-order valence-electron chi connectivity index (χ2n) is 4.10. The molecule has 0 aromatic carbocycles. The smallest absolute Gasteiger partial charge is 0.238 e. The number of anilines is 1. The number of rotatable bonds is 2. The Morgan fingerprint density at radius 2 is 2.20 bits per heavy atom. The van der Waals surface area contributed by atoms with E-state index < -0.39 is 0 Å². The van der Waals surface area contributed by atoms with Gasteiger partial charge >= 0.3 is 0 Å². The van der Waals surface area contributed by atoms with Gasteiger partial charge in [-0.2, -0.15) is 5.10 Å². The summed E-state index contributed by atoms with van der Waals surface area (Å²) in [4.78, 5) is 11.0. The fraction of sp³-hybridized carbons (Fsp3) is 0.556. The van der Waals surface area contributed by atoms with E-state index in [0.29, 0.717) is 5.69 Å². The second-order valence-corrected chi connectivity index (χ2v) is 4.10. The van der Waals surface area contributed by atoms with Crippen LogP contribution in [0.25, 0.3) is 0 Å². The third-order valence-corrected chi connectivity index (χ3v) is 1.74. The molecule has 0 fully saturated rings. The zero-order valence-corrected chi connectivity index (χ0v) is 9.97. The van der Waals surface area contributed by atoms with Gasteiger partial charge in [-0.05, 0) is 20.8 Å². The van der Waals surface area contributed by atoms with Gasteiger partial charge in [0.25, 0.3) is 0 Å². The maximum absolute atomic E-state index is 11.0. The lowest BCUT2D eigenvalue weighted by molar-refractivity contribution is -0.114. The molecule has 0 aliphatic heterocycles. The van der Waals surface area contributed by atoms with E-state index in [-0.39, 0.29) is 30.4 Å². The molecule has 0 spiro atoms. The molecular formula is C9H17ClN4O. The van der Waals surface area contributed by atoms with Gasteiger partial charge in [0.05, 0.1) is 24.0 Å². The third kappa shape index (κ3) is 3.89. The molecular weight excluding hydrogens is 216 g/mol. The highest BCUT2D eigenvalue weighted by atomic mass is 35.5. The molecule has 0 atom stereocenters. The minimum absolute atomic E-state index is 0. The predicted octanol–water partition coefficient (Wildman–Crippen LogP) is 0.957. The fourth-order valence-electron chi connectivity index (χ4n) is 0.966. The first-order valence-electron chi connectivity index (χ1n) is 4.48. The summed E-state index contributed by atoms with van der Waals surface area (Å²) in [5.74, 6) is -0.210. The van der Waals surface area contributed by atoms with E-state index in [1.54, 1.807) is 17.1 Å². The van der Waals surface area contributed by atoms with E-state index in [4.69, 9.17) is 5.73 Å². The van der Waals surface area contributed by atoms with Gasteiger partial charge in [0.15, 0.2) is 0 Å². The van der Waals surface area contributed by atoms with E-state index in [1.807, 2.05) is 20.8 Å². The lowest BCUT2D eigenvalue weighted by Gasteiger charge is -2.18. The van der Waals surface area contributed by atoms with E-state index in [0.717, 1.165) is 0 Å². The summed E-state index contributed by atoms with van der Waals surface area (Å²) in [7, 11) is 0. The molecule has 0 saturated carbocycles. The minimum Gasteiger partial charge on any atom is -0.322 e. The van der Waals surface area contributed by atoms with Gasteiger partial charge in [0.2, 0.25) is 5.91 Å². The minimum atomic E-state index is -0.210. The van der Waals surface area contributed by atoms with Crippen molar-refractivity contribution in [1.82, 2.24) is 9.78 Å². The highest BCUT2D eigenvalue weighted by Gasteiger charge is 2.14. The summed E-state index contributed by atoms with van der Waals surface area (Å²) in [6.45, 7) is 6.10. The molecule has 1 amide bonds. The second kappa shape index (κ2) is 5.14. The van der Waals surface area contributed by atoms with Gasteiger partial charge in [0.1, 0.15) is 0 Å². The third-order valence-electron chi connectivity index (χ3n) is 1.74. The number of nitrogens with two attached hydrogens (primary N) is 1. The maximum Gasteiger partial charge on any atom is 0.238 e. The van der Waals surface area contributed by atoms with E-state index in [2.05, 4.69) is 10.4 Å².